The van der Waals surface area contributed by atoms with Gasteiger partial charge in [-0.25, -0.2) is 15.0 Å². The highest BCUT2D eigenvalue weighted by Crippen LogP contribution is 2.41. The lowest BCUT2D eigenvalue weighted by molar-refractivity contribution is -0.180. The van der Waals surface area contributed by atoms with Gasteiger partial charge in [-0.15, -0.1) is 0 Å². The Morgan fingerprint density at radius 2 is 1.59 bits per heavy atom. The van der Waals surface area contributed by atoms with Crippen LogP contribution in [0.5, 0.6) is 0 Å². The number of nitrogens with one attached hydrogen (secondary N) is 2. The number of H-pyrrole nitrogens is 1. The van der Waals surface area contributed by atoms with E-state index in [0.29, 0.717) is 37.7 Å². The molecule has 1 fully saturated rings. The molecule has 2 aromatic heterocycles. The Balaban J connectivity index is 1.23. The van der Waals surface area contributed by atoms with Crippen molar-refractivity contribution in [1.82, 2.24) is 19.9 Å². The topological polar surface area (TPSA) is 144 Å². The zero-order valence-electron chi connectivity index (χ0n) is 25.4. The third kappa shape index (κ3) is 6.69. The van der Waals surface area contributed by atoms with Crippen LogP contribution in [0, 0.1) is 5.92 Å². The Morgan fingerprint density at radius 3 is 2.22 bits per heavy atom. The number of carbonyl (C=O) groups is 2. The number of cyclic esters (lactones) is 1. The predicted octanol–water partition coefficient (Wildman–Crippen LogP) is 5.78. The van der Waals surface area contributed by atoms with Gasteiger partial charge in [0, 0.05) is 18.0 Å². The van der Waals surface area contributed by atoms with Crippen LogP contribution in [0.1, 0.15) is 55.2 Å². The molecule has 3 heterocycles. The highest BCUT2D eigenvalue weighted by molar-refractivity contribution is 7.92. The van der Waals surface area contributed by atoms with Gasteiger partial charge in [0.15, 0.2) is 11.4 Å². The first-order valence-corrected chi connectivity index (χ1v) is 16.9. The molecule has 0 spiro atoms. The first kappa shape index (κ1) is 31.1. The van der Waals surface area contributed by atoms with E-state index in [1.54, 1.807) is 24.3 Å². The average Bonchev–Trinajstić information content (AvgIpc) is 3.55. The number of imidazole rings is 1. The zero-order chi connectivity index (χ0) is 32.1. The van der Waals surface area contributed by atoms with Gasteiger partial charge in [-0.2, -0.15) is 8.42 Å². The van der Waals surface area contributed by atoms with Crippen LogP contribution < -0.4 is 4.72 Å². The second-order valence-electron chi connectivity index (χ2n) is 11.7. The molecule has 1 saturated heterocycles. The molecule has 11 heteroatoms. The standard InChI is InChI=1S/C35H35N5O5S/c1-2-28(26-14-9-15-27(20-26)40-46(43,44)33-31-32(37-22-36-31)38-23-39-33)30-29(41)21-35(45-34(30)42,18-16-24-10-5-3-6-11-24)19-17-25-12-7-4-8-13-25/h3-15,20,22-23,28,30,40H,2,16-19,21H2,1H3,(H,36,37,38,39). The SMILES string of the molecule is CCC(c1cccc(NS(=O)(=O)c2ncnc3nc[nH]c23)c1)C1C(=O)CC(CCc2ccccc2)(CCc2ccccc2)OC1=O. The van der Waals surface area contributed by atoms with E-state index in [4.69, 9.17) is 4.74 Å². The molecule has 2 atom stereocenters. The second-order valence-corrected chi connectivity index (χ2v) is 13.3. The molecule has 2 unspecified atom stereocenters. The fraction of sp³-hybridized carbons (Fsp3) is 0.286. The minimum absolute atomic E-state index is 0.125. The number of hydrogen-bond donors (Lipinski definition) is 2. The molecule has 0 bridgehead atoms. The molecule has 5 aromatic rings. The van der Waals surface area contributed by atoms with Crippen LogP contribution in [0.4, 0.5) is 5.69 Å². The smallest absolute Gasteiger partial charge is 0.317 e. The van der Waals surface area contributed by atoms with Crippen molar-refractivity contribution in [1.29, 1.82) is 0 Å². The summed E-state index contributed by atoms with van der Waals surface area (Å²) in [4.78, 5) is 42.5. The molecule has 2 N–H and O–H groups in total. The Kier molecular flexibility index (Phi) is 8.94. The van der Waals surface area contributed by atoms with E-state index in [9.17, 15) is 18.0 Å². The van der Waals surface area contributed by atoms with Gasteiger partial charge in [-0.3, -0.25) is 14.3 Å². The van der Waals surface area contributed by atoms with Crippen LogP contribution in [0.15, 0.2) is 103 Å². The monoisotopic (exact) mass is 637 g/mol. The quantitative estimate of drug-likeness (QED) is 0.0995. The van der Waals surface area contributed by atoms with Gasteiger partial charge >= 0.3 is 5.97 Å². The Morgan fingerprint density at radius 1 is 0.913 bits per heavy atom. The van der Waals surface area contributed by atoms with Crippen molar-refractivity contribution in [2.75, 3.05) is 4.72 Å². The van der Waals surface area contributed by atoms with Gasteiger partial charge in [0.25, 0.3) is 10.0 Å². The number of sulfonamides is 1. The molecule has 0 saturated carbocycles. The largest absolute Gasteiger partial charge is 0.458 e. The molecule has 0 aliphatic carbocycles. The number of rotatable bonds is 12. The maximum absolute atomic E-state index is 14.0. The number of aromatic nitrogens is 4. The maximum atomic E-state index is 14.0. The number of carbonyl (C=O) groups excluding carboxylic acids is 2. The van der Waals surface area contributed by atoms with Crippen molar-refractivity contribution in [2.24, 2.45) is 5.92 Å². The molecule has 10 nitrogen and oxygen atoms in total. The minimum atomic E-state index is -4.11. The van der Waals surface area contributed by atoms with E-state index >= 15 is 0 Å². The van der Waals surface area contributed by atoms with E-state index in [2.05, 4.69) is 24.7 Å². The number of hydrogen-bond acceptors (Lipinski definition) is 8. The first-order chi connectivity index (χ1) is 22.3. The van der Waals surface area contributed by atoms with E-state index in [1.165, 1.54) is 6.33 Å². The van der Waals surface area contributed by atoms with Crippen LogP contribution in [0.2, 0.25) is 0 Å². The number of benzene rings is 3. The lowest BCUT2D eigenvalue weighted by Crippen LogP contribution is -2.49. The van der Waals surface area contributed by atoms with Crippen molar-refractivity contribution in [3.8, 4) is 0 Å². The van der Waals surface area contributed by atoms with Crippen molar-refractivity contribution in [3.63, 3.8) is 0 Å². The molecule has 1 aliphatic heterocycles. The molecular formula is C35H35N5O5S. The lowest BCUT2D eigenvalue weighted by atomic mass is 9.74. The van der Waals surface area contributed by atoms with Gasteiger partial charge < -0.3 is 9.72 Å². The summed E-state index contributed by atoms with van der Waals surface area (Å²) >= 11 is 0. The van der Waals surface area contributed by atoms with Crippen LogP contribution in [-0.2, 0) is 37.2 Å². The number of nitrogens with zero attached hydrogens (tertiary/aromatic N) is 3. The number of anilines is 1. The number of ether oxygens (including phenoxy) is 1. The molecule has 0 amide bonds. The van der Waals surface area contributed by atoms with Crippen molar-refractivity contribution in [3.05, 3.63) is 114 Å². The molecule has 6 rings (SSSR count). The number of Topliss-reactive ketones (excluding diaryl/α,β-unsaturated/α-hetero) is 1. The summed E-state index contributed by atoms with van der Waals surface area (Å²) < 4.78 is 35.5. The first-order valence-electron chi connectivity index (χ1n) is 15.4. The molecular weight excluding hydrogens is 602 g/mol. The van der Waals surface area contributed by atoms with E-state index in [-0.39, 0.29) is 34.1 Å². The van der Waals surface area contributed by atoms with Crippen LogP contribution in [-0.4, -0.2) is 45.7 Å². The Hall–Kier alpha value is -4.90. The predicted molar refractivity (Wildman–Crippen MR) is 173 cm³/mol. The molecule has 46 heavy (non-hydrogen) atoms. The minimum Gasteiger partial charge on any atom is -0.458 e. The van der Waals surface area contributed by atoms with E-state index < -0.39 is 33.4 Å². The van der Waals surface area contributed by atoms with Crippen LogP contribution in [0.3, 0.4) is 0 Å². The van der Waals surface area contributed by atoms with Gasteiger partial charge in [0.05, 0.1) is 6.33 Å². The Labute approximate surface area is 267 Å². The summed E-state index contributed by atoms with van der Waals surface area (Å²) in [6.45, 7) is 1.91. The maximum Gasteiger partial charge on any atom is 0.317 e. The summed E-state index contributed by atoms with van der Waals surface area (Å²) in [7, 11) is -4.11. The number of esters is 1. The van der Waals surface area contributed by atoms with Gasteiger partial charge in [0.1, 0.15) is 23.4 Å². The number of fused-ring (bicyclic) bond motifs is 1. The van der Waals surface area contributed by atoms with E-state index in [0.717, 1.165) is 17.5 Å². The molecule has 3 aromatic carbocycles. The zero-order valence-corrected chi connectivity index (χ0v) is 26.2. The summed E-state index contributed by atoms with van der Waals surface area (Å²) in [5, 5.41) is -0.235. The van der Waals surface area contributed by atoms with Crippen LogP contribution in [0.25, 0.3) is 11.2 Å². The fourth-order valence-corrected chi connectivity index (χ4v) is 7.48. The molecule has 0 radical (unpaired) electrons. The number of ketones is 1. The van der Waals surface area contributed by atoms with Gasteiger partial charge in [-0.1, -0.05) is 79.7 Å². The molecule has 1 aliphatic rings. The Bertz CT molecular complexity index is 1880. The fourth-order valence-electron chi connectivity index (χ4n) is 6.34. The van der Waals surface area contributed by atoms with Crippen molar-refractivity contribution >= 4 is 38.6 Å². The average molecular weight is 638 g/mol. The van der Waals surface area contributed by atoms with Crippen molar-refractivity contribution in [2.45, 2.75) is 62.0 Å². The highest BCUT2D eigenvalue weighted by atomic mass is 32.2. The summed E-state index contributed by atoms with van der Waals surface area (Å²) in [5.74, 6) is -2.18. The highest BCUT2D eigenvalue weighted by Gasteiger charge is 2.49. The van der Waals surface area contributed by atoms with Gasteiger partial charge in [-0.05, 0) is 60.9 Å². The summed E-state index contributed by atoms with van der Waals surface area (Å²) in [5.41, 5.74) is 2.68. The number of aromatic amines is 1. The van der Waals surface area contributed by atoms with Crippen molar-refractivity contribution < 1.29 is 22.7 Å². The summed E-state index contributed by atoms with van der Waals surface area (Å²) in [6.07, 6.45) is 5.52. The third-order valence-corrected chi connectivity index (χ3v) is 10.0. The lowest BCUT2D eigenvalue weighted by Gasteiger charge is -2.41. The normalized spacial score (nSPS) is 17.0. The van der Waals surface area contributed by atoms with Crippen LogP contribution >= 0.6 is 0 Å². The second kappa shape index (κ2) is 13.2. The van der Waals surface area contributed by atoms with Gasteiger partial charge in [0.2, 0.25) is 5.03 Å². The number of aryl methyl sites for hydroxylation is 2. The molecule has 236 valence electrons. The third-order valence-electron chi connectivity index (χ3n) is 8.69. The van der Waals surface area contributed by atoms with E-state index in [1.807, 2.05) is 67.6 Å². The summed E-state index contributed by atoms with van der Waals surface area (Å²) in [6, 6.07) is 26.8.